The number of fused-ring (bicyclic) bond motifs is 3. The van der Waals surface area contributed by atoms with Crippen LogP contribution in [0.4, 0.5) is 10.1 Å². The number of hydrogen-bond donors (Lipinski definition) is 1. The highest BCUT2D eigenvalue weighted by molar-refractivity contribution is 8.15. The van der Waals surface area contributed by atoms with Gasteiger partial charge in [0.15, 0.2) is 5.17 Å². The average molecular weight is 464 g/mol. The summed E-state index contributed by atoms with van der Waals surface area (Å²) in [5.74, 6) is -1.44. The lowest BCUT2D eigenvalue weighted by Gasteiger charge is -2.22. The number of carbonyl (C=O) groups excluding carboxylic acids is 2. The van der Waals surface area contributed by atoms with Crippen LogP contribution in [0, 0.1) is 5.82 Å². The molecule has 2 aliphatic rings. The van der Waals surface area contributed by atoms with Crippen LogP contribution >= 0.6 is 11.8 Å². The van der Waals surface area contributed by atoms with Crippen LogP contribution in [0.15, 0.2) is 51.8 Å². The Morgan fingerprint density at radius 3 is 2.71 bits per heavy atom. The number of esters is 1. The van der Waals surface area contributed by atoms with Gasteiger partial charge >= 0.3 is 5.97 Å². The number of amidine groups is 1. The molecule has 0 spiro atoms. The van der Waals surface area contributed by atoms with Gasteiger partial charge in [-0.25, -0.2) is 12.8 Å². The van der Waals surface area contributed by atoms with Crippen molar-refractivity contribution in [2.45, 2.75) is 17.4 Å². The van der Waals surface area contributed by atoms with Gasteiger partial charge in [0.2, 0.25) is 0 Å². The maximum absolute atomic E-state index is 13.3. The Balaban J connectivity index is 1.57. The van der Waals surface area contributed by atoms with Gasteiger partial charge in [-0.2, -0.15) is 0 Å². The molecular weight excluding hydrogens is 445 g/mol. The lowest BCUT2D eigenvalue weighted by atomic mass is 10.0. The number of methoxy groups -OCH3 is 1. The van der Waals surface area contributed by atoms with Gasteiger partial charge in [-0.3, -0.25) is 9.59 Å². The van der Waals surface area contributed by atoms with Crippen molar-refractivity contribution in [3.63, 3.8) is 0 Å². The van der Waals surface area contributed by atoms with Gasteiger partial charge in [0.05, 0.1) is 31.0 Å². The van der Waals surface area contributed by atoms with Crippen LogP contribution in [0.1, 0.15) is 28.4 Å². The number of nitrogens with one attached hydrogen (secondary N) is 1. The fourth-order valence-corrected chi connectivity index (χ4v) is 5.61. The zero-order valence-corrected chi connectivity index (χ0v) is 18.0. The van der Waals surface area contributed by atoms with Gasteiger partial charge in [0.25, 0.3) is 15.9 Å². The first-order chi connectivity index (χ1) is 14.8. The number of thioether (sulfide) groups is 1. The fraction of sp³-hybridized carbons (Fsp3) is 0.250. The second kappa shape index (κ2) is 8.31. The molecule has 1 unspecified atom stereocenters. The summed E-state index contributed by atoms with van der Waals surface area (Å²) in [6, 6.07) is 9.82. The molecule has 0 fully saturated rings. The second-order valence-electron chi connectivity index (χ2n) is 6.95. The zero-order chi connectivity index (χ0) is 22.2. The molecule has 1 N–H and O–H groups in total. The number of nitrogens with zero attached hydrogens (tertiary/aromatic N) is 2. The Bertz CT molecular complexity index is 1180. The molecule has 162 valence electrons. The number of anilines is 1. The highest BCUT2D eigenvalue weighted by atomic mass is 32.2. The molecule has 4 rings (SSSR count). The normalized spacial score (nSPS) is 17.2. The first-order valence-corrected chi connectivity index (χ1v) is 11.7. The van der Waals surface area contributed by atoms with Gasteiger partial charge in [-0.05, 0) is 47.7 Å². The minimum Gasteiger partial charge on any atom is -0.469 e. The van der Waals surface area contributed by atoms with Crippen LogP contribution in [-0.4, -0.2) is 44.9 Å². The highest BCUT2D eigenvalue weighted by Crippen LogP contribution is 2.42. The van der Waals surface area contributed by atoms with Crippen LogP contribution in [-0.2, 0) is 19.6 Å². The number of ether oxygens (including phenoxy) is 1. The van der Waals surface area contributed by atoms with E-state index in [1.165, 1.54) is 43.1 Å². The molecule has 2 aromatic carbocycles. The van der Waals surface area contributed by atoms with Crippen molar-refractivity contribution in [3.05, 3.63) is 59.4 Å². The van der Waals surface area contributed by atoms with Gasteiger partial charge in [-0.15, -0.1) is 4.40 Å². The number of rotatable bonds is 5. The molecule has 0 aliphatic carbocycles. The monoisotopic (exact) mass is 463 g/mol. The van der Waals surface area contributed by atoms with E-state index in [9.17, 15) is 22.4 Å². The van der Waals surface area contributed by atoms with E-state index in [1.54, 1.807) is 23.1 Å². The Hall–Kier alpha value is -2.92. The predicted octanol–water partition coefficient (Wildman–Crippen LogP) is 2.47. The minimum absolute atomic E-state index is 0.0639. The number of carbonyl (C=O) groups is 2. The summed E-state index contributed by atoms with van der Waals surface area (Å²) in [6.07, 6.45) is -0.115. The first-order valence-electron chi connectivity index (χ1n) is 9.31. The van der Waals surface area contributed by atoms with Crippen molar-refractivity contribution in [2.75, 3.05) is 24.3 Å². The standard InChI is InChI=1S/C20H18FN3O5S2/c1-29-18(25)11-15(12-2-5-14(21)6-3-12)22-19(26)13-4-7-16-17(10-13)30-20-23-31(27,28)9-8-24(16)20/h2-7,10,15H,8-9,11H2,1H3,(H,22,26). The molecule has 0 aromatic heterocycles. The molecule has 1 amide bonds. The van der Waals surface area contributed by atoms with Crippen LogP contribution in [0.5, 0.6) is 0 Å². The second-order valence-corrected chi connectivity index (χ2v) is 9.72. The molecule has 2 aromatic rings. The van der Waals surface area contributed by atoms with Crippen LogP contribution in [0.2, 0.25) is 0 Å². The maximum Gasteiger partial charge on any atom is 0.307 e. The van der Waals surface area contributed by atoms with Crippen molar-refractivity contribution in [2.24, 2.45) is 4.40 Å². The van der Waals surface area contributed by atoms with Crippen molar-refractivity contribution >= 4 is 44.5 Å². The van der Waals surface area contributed by atoms with E-state index in [2.05, 4.69) is 9.71 Å². The van der Waals surface area contributed by atoms with Crippen molar-refractivity contribution in [3.8, 4) is 0 Å². The Kier molecular flexibility index (Phi) is 5.71. The minimum atomic E-state index is -3.47. The predicted molar refractivity (Wildman–Crippen MR) is 114 cm³/mol. The topological polar surface area (TPSA) is 105 Å². The largest absolute Gasteiger partial charge is 0.469 e. The first kappa shape index (κ1) is 21.3. The summed E-state index contributed by atoms with van der Waals surface area (Å²) >= 11 is 1.19. The molecular formula is C20H18FN3O5S2. The Morgan fingerprint density at radius 2 is 2.00 bits per heavy atom. The van der Waals surface area contributed by atoms with E-state index < -0.39 is 33.8 Å². The lowest BCUT2D eigenvalue weighted by molar-refractivity contribution is -0.141. The van der Waals surface area contributed by atoms with Gasteiger partial charge in [0.1, 0.15) is 5.82 Å². The number of halogens is 1. The van der Waals surface area contributed by atoms with Crippen LogP contribution in [0.3, 0.4) is 0 Å². The molecule has 0 saturated carbocycles. The number of amides is 1. The van der Waals surface area contributed by atoms with E-state index >= 15 is 0 Å². The highest BCUT2D eigenvalue weighted by Gasteiger charge is 2.33. The summed E-state index contributed by atoms with van der Waals surface area (Å²) in [5.41, 5.74) is 1.69. The quantitative estimate of drug-likeness (QED) is 0.679. The van der Waals surface area contributed by atoms with E-state index in [0.717, 1.165) is 10.6 Å². The van der Waals surface area contributed by atoms with Gasteiger partial charge in [0, 0.05) is 17.0 Å². The smallest absolute Gasteiger partial charge is 0.307 e. The molecule has 31 heavy (non-hydrogen) atoms. The third-order valence-corrected chi connectivity index (χ3v) is 7.22. The summed E-state index contributed by atoms with van der Waals surface area (Å²) < 4.78 is 45.3. The lowest BCUT2D eigenvalue weighted by Crippen LogP contribution is -2.35. The number of benzene rings is 2. The average Bonchev–Trinajstić information content (AvgIpc) is 3.08. The molecule has 0 bridgehead atoms. The van der Waals surface area contributed by atoms with E-state index in [0.29, 0.717) is 22.8 Å². The van der Waals surface area contributed by atoms with Crippen LogP contribution in [0.25, 0.3) is 0 Å². The van der Waals surface area contributed by atoms with E-state index in [4.69, 9.17) is 4.74 Å². The summed E-state index contributed by atoms with van der Waals surface area (Å²) in [5, 5.41) is 3.16. The van der Waals surface area contributed by atoms with Crippen molar-refractivity contribution < 1.29 is 27.1 Å². The van der Waals surface area contributed by atoms with Crippen LogP contribution < -0.4 is 10.2 Å². The SMILES string of the molecule is COC(=O)CC(NC(=O)c1ccc2c(c1)SC1=NS(=O)(=O)CCN12)c1ccc(F)cc1. The maximum atomic E-state index is 13.3. The molecule has 0 radical (unpaired) electrons. The Morgan fingerprint density at radius 1 is 1.26 bits per heavy atom. The molecule has 2 heterocycles. The number of sulfonamides is 1. The van der Waals surface area contributed by atoms with Gasteiger partial charge in [-0.1, -0.05) is 12.1 Å². The summed E-state index contributed by atoms with van der Waals surface area (Å²) in [4.78, 5) is 27.2. The molecule has 8 nitrogen and oxygen atoms in total. The van der Waals surface area contributed by atoms with Crippen molar-refractivity contribution in [1.29, 1.82) is 0 Å². The van der Waals surface area contributed by atoms with Crippen molar-refractivity contribution in [1.82, 2.24) is 5.32 Å². The third kappa shape index (κ3) is 4.57. The Labute approximate surface area is 182 Å². The molecule has 11 heteroatoms. The van der Waals surface area contributed by atoms with E-state index in [1.807, 2.05) is 0 Å². The summed E-state index contributed by atoms with van der Waals surface area (Å²) in [7, 11) is -2.22. The third-order valence-electron chi connectivity index (χ3n) is 4.91. The fourth-order valence-electron chi connectivity index (χ4n) is 3.31. The van der Waals surface area contributed by atoms with Gasteiger partial charge < -0.3 is 15.0 Å². The zero-order valence-electron chi connectivity index (χ0n) is 16.4. The number of hydrogen-bond acceptors (Lipinski definition) is 7. The molecule has 0 saturated heterocycles. The van der Waals surface area contributed by atoms with E-state index in [-0.39, 0.29) is 12.2 Å². The molecule has 2 aliphatic heterocycles. The summed E-state index contributed by atoms with van der Waals surface area (Å²) in [6.45, 7) is 0.304. The molecule has 1 atom stereocenters.